The Morgan fingerprint density at radius 1 is 0.325 bits per heavy atom. The average Bonchev–Trinajstić information content (AvgIpc) is 3.98. The third-order valence-corrected chi connectivity index (χ3v) is 18.6. The second-order valence-electron chi connectivity index (χ2n) is 22.6. The van der Waals surface area contributed by atoms with Crippen molar-refractivity contribution in [3.8, 4) is 44.5 Å². The summed E-state index contributed by atoms with van der Waals surface area (Å²) in [5.41, 5.74) is 27.2. The zero-order valence-corrected chi connectivity index (χ0v) is 44.6. The first-order valence-corrected chi connectivity index (χ1v) is 28.7. The van der Waals surface area contributed by atoms with Crippen LogP contribution in [0, 0.1) is 11.8 Å². The summed E-state index contributed by atoms with van der Waals surface area (Å²) in [5.74, 6) is 1.11. The molecule has 0 saturated heterocycles. The smallest absolute Gasteiger partial charge is 0.0505 e. The van der Waals surface area contributed by atoms with Crippen LogP contribution in [0.1, 0.15) is 57.7 Å². The number of hydrogen-bond donors (Lipinski definition) is 0. The lowest BCUT2D eigenvalue weighted by Crippen LogP contribution is -2.34. The number of anilines is 6. The number of hydrogen-bond acceptors (Lipinski definition) is 2. The summed E-state index contributed by atoms with van der Waals surface area (Å²) < 4.78 is 0. The van der Waals surface area contributed by atoms with E-state index >= 15 is 0 Å². The molecule has 16 rings (SSSR count). The number of para-hydroxylation sites is 2. The second kappa shape index (κ2) is 18.9. The van der Waals surface area contributed by atoms with Gasteiger partial charge in [-0.25, -0.2) is 0 Å². The quantitative estimate of drug-likeness (QED) is 0.135. The van der Waals surface area contributed by atoms with Crippen LogP contribution in [0.5, 0.6) is 0 Å². The van der Waals surface area contributed by atoms with Crippen molar-refractivity contribution >= 4 is 44.9 Å². The molecule has 0 radical (unpaired) electrons. The van der Waals surface area contributed by atoms with Crippen LogP contribution >= 0.6 is 0 Å². The molecule has 2 heteroatoms. The van der Waals surface area contributed by atoms with Gasteiger partial charge in [-0.15, -0.1) is 0 Å². The van der Waals surface area contributed by atoms with E-state index in [-0.39, 0.29) is 11.3 Å². The zero-order valence-electron chi connectivity index (χ0n) is 44.6. The van der Waals surface area contributed by atoms with E-state index in [1.54, 1.807) is 0 Å². The van der Waals surface area contributed by atoms with Gasteiger partial charge in [0.25, 0.3) is 0 Å². The average molecular weight is 1020 g/mol. The van der Waals surface area contributed by atoms with Gasteiger partial charge in [-0.3, -0.25) is 0 Å². The molecule has 1 fully saturated rings. The van der Waals surface area contributed by atoms with E-state index in [1.165, 1.54) is 130 Å². The van der Waals surface area contributed by atoms with Crippen LogP contribution in [0.3, 0.4) is 0 Å². The predicted molar refractivity (Wildman–Crippen MR) is 333 cm³/mol. The maximum atomic E-state index is 2.61. The van der Waals surface area contributed by atoms with Crippen LogP contribution in [0.15, 0.2) is 285 Å². The Kier molecular flexibility index (Phi) is 11.0. The van der Waals surface area contributed by atoms with Crippen LogP contribution in [0.25, 0.3) is 55.3 Å². The molecule has 0 amide bonds. The van der Waals surface area contributed by atoms with Gasteiger partial charge in [0.15, 0.2) is 0 Å². The molecule has 0 heterocycles. The molecule has 0 bridgehead atoms. The normalized spacial score (nSPS) is 18.0. The Morgan fingerprint density at radius 2 is 0.812 bits per heavy atom. The third-order valence-electron chi connectivity index (χ3n) is 18.6. The van der Waals surface area contributed by atoms with Crippen LogP contribution in [-0.2, 0) is 18.3 Å². The van der Waals surface area contributed by atoms with Gasteiger partial charge in [-0.2, -0.15) is 0 Å². The van der Waals surface area contributed by atoms with E-state index in [4.69, 9.17) is 0 Å². The van der Waals surface area contributed by atoms with Crippen molar-refractivity contribution in [2.45, 2.75) is 37.0 Å². The van der Waals surface area contributed by atoms with Gasteiger partial charge in [0, 0.05) is 34.1 Å². The lowest BCUT2D eigenvalue weighted by molar-refractivity contribution is 0.350. The van der Waals surface area contributed by atoms with Gasteiger partial charge in [-0.1, -0.05) is 224 Å². The fraction of sp³-hybridized carbons (Fsp3) is 0.103. The minimum atomic E-state index is -0.187. The van der Waals surface area contributed by atoms with Gasteiger partial charge < -0.3 is 9.80 Å². The van der Waals surface area contributed by atoms with E-state index in [2.05, 4.69) is 295 Å². The van der Waals surface area contributed by atoms with E-state index in [9.17, 15) is 0 Å². The van der Waals surface area contributed by atoms with E-state index in [0.29, 0.717) is 11.8 Å². The van der Waals surface area contributed by atoms with Crippen molar-refractivity contribution in [3.05, 3.63) is 324 Å². The van der Waals surface area contributed by atoms with Gasteiger partial charge in [-0.05, 0) is 192 Å². The van der Waals surface area contributed by atoms with Crippen LogP contribution in [-0.4, -0.2) is 0 Å². The van der Waals surface area contributed by atoms with E-state index in [0.717, 1.165) is 24.2 Å². The van der Waals surface area contributed by atoms with Crippen molar-refractivity contribution < 1.29 is 0 Å². The standard InChI is InChI=1S/C78H58N2/c1-5-19-52(20-6-1)53-35-37-57(38-36-53)74-66-30-14-13-21-54(66)41-47-67(74)55-39-44-64(45-40-55)79(62-26-9-3-10-27-62)72-33-17-24-58-49-60-42-43-61-50-59-25-18-34-73(77(59)78(60,61)76(58)72)80(63-28-11-4-12-29-63)65-46-48-69-68-31-15-16-32-70(68)75(71(69)51-65)56-22-7-2-8-23-56/h1-41,44-48,51,60-61,75H,42-43,49-50H2. The number of nitrogens with zero attached hydrogens (tertiary/aromatic N) is 2. The Bertz CT molecular complexity index is 4290. The molecule has 2 nitrogen and oxygen atoms in total. The van der Waals surface area contributed by atoms with E-state index < -0.39 is 0 Å². The fourth-order valence-corrected chi connectivity index (χ4v) is 15.5. The molecule has 80 heavy (non-hydrogen) atoms. The summed E-state index contributed by atoms with van der Waals surface area (Å²) in [4.78, 5) is 5.19. The topological polar surface area (TPSA) is 6.48 Å². The molecule has 1 saturated carbocycles. The van der Waals surface area contributed by atoms with Gasteiger partial charge in [0.2, 0.25) is 0 Å². The highest BCUT2D eigenvalue weighted by atomic mass is 15.2. The Hall–Kier alpha value is -9.50. The Balaban J connectivity index is 0.846. The summed E-state index contributed by atoms with van der Waals surface area (Å²) >= 11 is 0. The van der Waals surface area contributed by atoms with Crippen molar-refractivity contribution in [2.75, 3.05) is 9.80 Å². The first-order chi connectivity index (χ1) is 39.7. The fourth-order valence-electron chi connectivity index (χ4n) is 15.5. The number of rotatable bonds is 10. The molecule has 12 aromatic rings. The van der Waals surface area contributed by atoms with Crippen molar-refractivity contribution in [1.29, 1.82) is 0 Å². The monoisotopic (exact) mass is 1020 g/mol. The maximum Gasteiger partial charge on any atom is 0.0505 e. The zero-order chi connectivity index (χ0) is 52.7. The first-order valence-electron chi connectivity index (χ1n) is 28.7. The second-order valence-corrected chi connectivity index (χ2v) is 22.6. The number of benzene rings is 12. The minimum Gasteiger partial charge on any atom is -0.310 e. The molecule has 0 N–H and O–H groups in total. The lowest BCUT2D eigenvalue weighted by Gasteiger charge is -2.40. The molecule has 4 atom stereocenters. The van der Waals surface area contributed by atoms with Crippen molar-refractivity contribution in [2.24, 2.45) is 11.8 Å². The lowest BCUT2D eigenvalue weighted by atomic mass is 9.68. The third kappa shape index (κ3) is 7.25. The van der Waals surface area contributed by atoms with Gasteiger partial charge in [0.1, 0.15) is 0 Å². The van der Waals surface area contributed by atoms with Crippen LogP contribution < -0.4 is 9.80 Å². The highest BCUT2D eigenvalue weighted by Gasteiger charge is 2.62. The molecular formula is C78H58N2. The Morgan fingerprint density at radius 3 is 1.48 bits per heavy atom. The predicted octanol–water partition coefficient (Wildman–Crippen LogP) is 20.4. The molecule has 4 aliphatic rings. The van der Waals surface area contributed by atoms with Crippen LogP contribution in [0.4, 0.5) is 34.1 Å². The molecule has 0 aromatic heterocycles. The molecule has 12 aromatic carbocycles. The summed E-state index contributed by atoms with van der Waals surface area (Å²) in [6.45, 7) is 0. The summed E-state index contributed by atoms with van der Waals surface area (Å²) in [6, 6.07) is 107. The molecule has 4 aliphatic carbocycles. The Labute approximate surface area is 469 Å². The molecule has 1 spiro atoms. The SMILES string of the molecule is c1ccc(-c2ccc(-c3c(-c4ccc(N(c5ccccc5)c5cccc6c5C57c8c(cccc8N(c8ccccc8)c8ccc9c(c8)C(c8ccccc8)c8ccccc8-9)CC5CCC7C6)cc4)ccc4ccccc34)cc2)cc1. The molecular weight excluding hydrogens is 965 g/mol. The number of fused-ring (bicyclic) bond motifs is 6. The summed E-state index contributed by atoms with van der Waals surface area (Å²) in [6.07, 6.45) is 4.59. The minimum absolute atomic E-state index is 0.151. The molecule has 380 valence electrons. The van der Waals surface area contributed by atoms with Gasteiger partial charge in [0.05, 0.1) is 11.4 Å². The first kappa shape index (κ1) is 46.6. The van der Waals surface area contributed by atoms with Crippen molar-refractivity contribution in [3.63, 3.8) is 0 Å². The highest BCUT2D eigenvalue weighted by Crippen LogP contribution is 2.69. The molecule has 4 unspecified atom stereocenters. The van der Waals surface area contributed by atoms with Gasteiger partial charge >= 0.3 is 0 Å². The largest absolute Gasteiger partial charge is 0.310 e. The van der Waals surface area contributed by atoms with E-state index in [1.807, 2.05) is 0 Å². The molecule has 0 aliphatic heterocycles. The summed E-state index contributed by atoms with van der Waals surface area (Å²) in [5, 5.41) is 2.50. The van der Waals surface area contributed by atoms with Crippen LogP contribution in [0.2, 0.25) is 0 Å². The maximum absolute atomic E-state index is 2.61. The summed E-state index contributed by atoms with van der Waals surface area (Å²) in [7, 11) is 0. The van der Waals surface area contributed by atoms with Crippen molar-refractivity contribution in [1.82, 2.24) is 0 Å². The highest BCUT2D eigenvalue weighted by molar-refractivity contribution is 6.04.